The number of sulfonamides is 1. The van der Waals surface area contributed by atoms with Gasteiger partial charge in [-0.15, -0.1) is 0 Å². The van der Waals surface area contributed by atoms with Gasteiger partial charge in [0.15, 0.2) is 0 Å². The van der Waals surface area contributed by atoms with Crippen LogP contribution in [0.5, 0.6) is 0 Å². The minimum Gasteiger partial charge on any atom is -0.468 e. The van der Waals surface area contributed by atoms with E-state index >= 15 is 0 Å². The molecule has 0 unspecified atom stereocenters. The molecule has 0 aliphatic heterocycles. The van der Waals surface area contributed by atoms with Gasteiger partial charge in [-0.1, -0.05) is 6.92 Å². The van der Waals surface area contributed by atoms with Crippen molar-refractivity contribution in [3.63, 3.8) is 0 Å². The predicted octanol–water partition coefficient (Wildman–Crippen LogP) is 1.77. The van der Waals surface area contributed by atoms with Crippen molar-refractivity contribution < 1.29 is 12.8 Å². The SMILES string of the molecule is CCN(Cc1ccco1)S(=O)(=O)c1cc(CN)n(CC)c1. The Hall–Kier alpha value is -1.57. The molecule has 0 atom stereocenters. The Morgan fingerprint density at radius 2 is 2.14 bits per heavy atom. The second kappa shape index (κ2) is 6.46. The Kier molecular flexibility index (Phi) is 4.87. The van der Waals surface area contributed by atoms with Crippen LogP contribution in [0.15, 0.2) is 40.0 Å². The summed E-state index contributed by atoms with van der Waals surface area (Å²) in [5, 5.41) is 0. The van der Waals surface area contributed by atoms with Crippen molar-refractivity contribution >= 4 is 10.0 Å². The molecule has 21 heavy (non-hydrogen) atoms. The highest BCUT2D eigenvalue weighted by Crippen LogP contribution is 2.21. The topological polar surface area (TPSA) is 81.5 Å². The molecule has 0 aliphatic rings. The number of furan rings is 1. The van der Waals surface area contributed by atoms with Gasteiger partial charge >= 0.3 is 0 Å². The Balaban J connectivity index is 2.32. The molecule has 0 aromatic carbocycles. The van der Waals surface area contributed by atoms with E-state index in [9.17, 15) is 8.42 Å². The fraction of sp³-hybridized carbons (Fsp3) is 0.429. The quantitative estimate of drug-likeness (QED) is 0.845. The van der Waals surface area contributed by atoms with E-state index in [1.54, 1.807) is 31.3 Å². The van der Waals surface area contributed by atoms with Gasteiger partial charge in [-0.2, -0.15) is 4.31 Å². The number of aromatic nitrogens is 1. The lowest BCUT2D eigenvalue weighted by Crippen LogP contribution is -2.30. The van der Waals surface area contributed by atoms with Crippen molar-refractivity contribution in [2.75, 3.05) is 6.54 Å². The molecule has 2 N–H and O–H groups in total. The van der Waals surface area contributed by atoms with Crippen LogP contribution in [0, 0.1) is 0 Å². The second-order valence-electron chi connectivity index (χ2n) is 4.67. The molecule has 2 aromatic rings. The van der Waals surface area contributed by atoms with Gasteiger partial charge in [0.1, 0.15) is 10.7 Å². The van der Waals surface area contributed by atoms with Crippen molar-refractivity contribution in [2.45, 2.75) is 38.4 Å². The number of nitrogens with two attached hydrogens (primary N) is 1. The molecule has 2 rings (SSSR count). The highest BCUT2D eigenvalue weighted by atomic mass is 32.2. The highest BCUT2D eigenvalue weighted by Gasteiger charge is 2.26. The summed E-state index contributed by atoms with van der Waals surface area (Å²) < 4.78 is 33.9. The van der Waals surface area contributed by atoms with Crippen LogP contribution in [0.3, 0.4) is 0 Å². The van der Waals surface area contributed by atoms with Gasteiger partial charge in [-0.25, -0.2) is 8.42 Å². The Bertz CT molecular complexity index is 653. The van der Waals surface area contributed by atoms with E-state index in [0.717, 1.165) is 5.69 Å². The summed E-state index contributed by atoms with van der Waals surface area (Å²) in [6.07, 6.45) is 3.18. The van der Waals surface area contributed by atoms with Crippen molar-refractivity contribution in [1.82, 2.24) is 8.87 Å². The molecule has 0 radical (unpaired) electrons. The van der Waals surface area contributed by atoms with Crippen molar-refractivity contribution in [3.05, 3.63) is 42.1 Å². The third-order valence-corrected chi connectivity index (χ3v) is 5.30. The summed E-state index contributed by atoms with van der Waals surface area (Å²) in [5.74, 6) is 0.620. The van der Waals surface area contributed by atoms with Crippen LogP contribution >= 0.6 is 0 Å². The van der Waals surface area contributed by atoms with Crippen molar-refractivity contribution in [3.8, 4) is 0 Å². The summed E-state index contributed by atoms with van der Waals surface area (Å²) in [7, 11) is -3.55. The maximum Gasteiger partial charge on any atom is 0.244 e. The van der Waals surface area contributed by atoms with Crippen LogP contribution in [-0.4, -0.2) is 23.8 Å². The molecule has 0 aliphatic carbocycles. The molecule has 0 spiro atoms. The van der Waals surface area contributed by atoms with Crippen LogP contribution in [0.25, 0.3) is 0 Å². The average molecular weight is 311 g/mol. The average Bonchev–Trinajstić information content (AvgIpc) is 3.13. The van der Waals surface area contributed by atoms with E-state index in [1.165, 1.54) is 10.6 Å². The summed E-state index contributed by atoms with van der Waals surface area (Å²) in [6, 6.07) is 5.15. The molecule has 2 heterocycles. The molecule has 0 bridgehead atoms. The van der Waals surface area contributed by atoms with Gasteiger partial charge in [0.25, 0.3) is 0 Å². The first-order valence-electron chi connectivity index (χ1n) is 6.94. The zero-order valence-corrected chi connectivity index (χ0v) is 13.1. The molecule has 116 valence electrons. The minimum atomic E-state index is -3.55. The fourth-order valence-electron chi connectivity index (χ4n) is 2.22. The number of rotatable bonds is 7. The minimum absolute atomic E-state index is 0.223. The first-order chi connectivity index (χ1) is 10.0. The summed E-state index contributed by atoms with van der Waals surface area (Å²) in [6.45, 7) is 5.36. The Labute approximate surface area is 125 Å². The molecule has 0 fully saturated rings. The van der Waals surface area contributed by atoms with E-state index < -0.39 is 10.0 Å². The number of aryl methyl sites for hydroxylation is 1. The van der Waals surface area contributed by atoms with Crippen LogP contribution in [0.4, 0.5) is 0 Å². The van der Waals surface area contributed by atoms with E-state index in [0.29, 0.717) is 25.4 Å². The van der Waals surface area contributed by atoms with Gasteiger partial charge in [0.2, 0.25) is 10.0 Å². The maximum atomic E-state index is 12.7. The third-order valence-electron chi connectivity index (χ3n) is 3.41. The van der Waals surface area contributed by atoms with E-state index in [-0.39, 0.29) is 11.4 Å². The van der Waals surface area contributed by atoms with Crippen molar-refractivity contribution in [1.29, 1.82) is 0 Å². The molecular formula is C14H21N3O3S. The zero-order valence-electron chi connectivity index (χ0n) is 12.3. The lowest BCUT2D eigenvalue weighted by Gasteiger charge is -2.18. The number of hydrogen-bond donors (Lipinski definition) is 1. The molecule has 0 amide bonds. The Morgan fingerprint density at radius 1 is 1.38 bits per heavy atom. The summed E-state index contributed by atoms with van der Waals surface area (Å²) in [4.78, 5) is 0.276. The van der Waals surface area contributed by atoms with E-state index in [4.69, 9.17) is 10.2 Å². The highest BCUT2D eigenvalue weighted by molar-refractivity contribution is 7.89. The van der Waals surface area contributed by atoms with Gasteiger partial charge in [0, 0.05) is 31.5 Å². The largest absolute Gasteiger partial charge is 0.468 e. The van der Waals surface area contributed by atoms with Gasteiger partial charge < -0.3 is 14.7 Å². The molecule has 0 saturated carbocycles. The summed E-state index contributed by atoms with van der Waals surface area (Å²) >= 11 is 0. The molecule has 6 nitrogen and oxygen atoms in total. The lowest BCUT2D eigenvalue weighted by molar-refractivity contribution is 0.375. The van der Waals surface area contributed by atoms with Crippen LogP contribution in [-0.2, 0) is 29.7 Å². The first kappa shape index (κ1) is 15.8. The van der Waals surface area contributed by atoms with Crippen LogP contribution in [0.1, 0.15) is 25.3 Å². The smallest absolute Gasteiger partial charge is 0.244 e. The van der Waals surface area contributed by atoms with Gasteiger partial charge in [-0.05, 0) is 25.1 Å². The maximum absolute atomic E-state index is 12.7. The number of hydrogen-bond acceptors (Lipinski definition) is 4. The third kappa shape index (κ3) is 3.20. The lowest BCUT2D eigenvalue weighted by atomic mass is 10.4. The van der Waals surface area contributed by atoms with Crippen molar-refractivity contribution in [2.24, 2.45) is 5.73 Å². The second-order valence-corrected chi connectivity index (χ2v) is 6.61. The zero-order chi connectivity index (χ0) is 15.5. The standard InChI is InChI=1S/C14H21N3O3S/c1-3-16-11-14(8-12(16)9-15)21(18,19)17(4-2)10-13-6-5-7-20-13/h5-8,11H,3-4,9-10,15H2,1-2H3. The summed E-state index contributed by atoms with van der Waals surface area (Å²) in [5.41, 5.74) is 6.47. The van der Waals surface area contributed by atoms with Crippen LogP contribution in [0.2, 0.25) is 0 Å². The molecular weight excluding hydrogens is 290 g/mol. The fourth-order valence-corrected chi connectivity index (χ4v) is 3.71. The Morgan fingerprint density at radius 3 is 2.62 bits per heavy atom. The predicted molar refractivity (Wildman–Crippen MR) is 80.0 cm³/mol. The monoisotopic (exact) mass is 311 g/mol. The first-order valence-corrected chi connectivity index (χ1v) is 8.38. The molecule has 2 aromatic heterocycles. The van der Waals surface area contributed by atoms with E-state index in [1.807, 2.05) is 11.5 Å². The molecule has 0 saturated heterocycles. The van der Waals surface area contributed by atoms with Gasteiger partial charge in [0.05, 0.1) is 12.8 Å². The van der Waals surface area contributed by atoms with E-state index in [2.05, 4.69) is 0 Å². The normalized spacial score (nSPS) is 12.2. The number of nitrogens with zero attached hydrogens (tertiary/aromatic N) is 2. The van der Waals surface area contributed by atoms with Gasteiger partial charge in [-0.3, -0.25) is 0 Å². The molecule has 7 heteroatoms. The van der Waals surface area contributed by atoms with Crippen LogP contribution < -0.4 is 5.73 Å².